The van der Waals surface area contributed by atoms with Crippen molar-refractivity contribution in [3.8, 4) is 22.0 Å². The molecule has 7 nitrogen and oxygen atoms in total. The van der Waals surface area contributed by atoms with Crippen molar-refractivity contribution in [1.82, 2.24) is 14.5 Å². The van der Waals surface area contributed by atoms with Crippen LogP contribution in [0.3, 0.4) is 0 Å². The monoisotopic (exact) mass is 472 g/mol. The molecular weight excluding hydrogens is 456 g/mol. The number of sulfone groups is 1. The van der Waals surface area contributed by atoms with Crippen LogP contribution in [0.25, 0.3) is 22.0 Å². The number of amides is 1. The van der Waals surface area contributed by atoms with Crippen molar-refractivity contribution in [3.05, 3.63) is 71.5 Å². The molecule has 0 unspecified atom stereocenters. The molecule has 1 amide bonds. The summed E-state index contributed by atoms with van der Waals surface area (Å²) in [7, 11) is -1.60. The molecule has 0 aliphatic rings. The van der Waals surface area contributed by atoms with Crippen LogP contribution in [0.2, 0.25) is 5.02 Å². The van der Waals surface area contributed by atoms with Crippen LogP contribution in [0.15, 0.2) is 65.8 Å². The molecule has 4 aromatic rings. The summed E-state index contributed by atoms with van der Waals surface area (Å²) in [5.41, 5.74) is 1.63. The number of nitrogens with one attached hydrogen (secondary N) is 1. The first kappa shape index (κ1) is 21.2. The average Bonchev–Trinajstić information content (AvgIpc) is 3.33. The molecule has 0 aliphatic heterocycles. The average molecular weight is 473 g/mol. The van der Waals surface area contributed by atoms with Crippen LogP contribution in [-0.4, -0.2) is 35.1 Å². The molecule has 31 heavy (non-hydrogen) atoms. The van der Waals surface area contributed by atoms with Crippen molar-refractivity contribution < 1.29 is 13.2 Å². The Labute approximate surface area is 188 Å². The van der Waals surface area contributed by atoms with Crippen LogP contribution in [0.5, 0.6) is 0 Å². The lowest BCUT2D eigenvalue weighted by Crippen LogP contribution is -2.13. The van der Waals surface area contributed by atoms with E-state index in [1.807, 2.05) is 48.1 Å². The summed E-state index contributed by atoms with van der Waals surface area (Å²) in [6, 6.07) is 13.6. The lowest BCUT2D eigenvalue weighted by atomic mass is 10.1. The van der Waals surface area contributed by atoms with Gasteiger partial charge in [-0.2, -0.15) is 0 Å². The molecule has 4 rings (SSSR count). The summed E-state index contributed by atoms with van der Waals surface area (Å²) in [5.74, 6) is 0.171. The fourth-order valence-electron chi connectivity index (χ4n) is 2.97. The van der Waals surface area contributed by atoms with Crippen molar-refractivity contribution in [1.29, 1.82) is 0 Å². The van der Waals surface area contributed by atoms with Crippen LogP contribution in [0.1, 0.15) is 10.4 Å². The molecule has 10 heteroatoms. The van der Waals surface area contributed by atoms with Gasteiger partial charge in [0, 0.05) is 31.3 Å². The van der Waals surface area contributed by atoms with Gasteiger partial charge in [-0.1, -0.05) is 53.3 Å². The summed E-state index contributed by atoms with van der Waals surface area (Å²) in [4.78, 5) is 22.7. The molecule has 2 aromatic heterocycles. The molecule has 1 N–H and O–H groups in total. The summed E-state index contributed by atoms with van der Waals surface area (Å²) in [6.07, 6.45) is 4.60. The number of carbonyl (C=O) groups is 1. The van der Waals surface area contributed by atoms with E-state index >= 15 is 0 Å². The van der Waals surface area contributed by atoms with Crippen LogP contribution in [0, 0.1) is 0 Å². The van der Waals surface area contributed by atoms with Gasteiger partial charge in [-0.15, -0.1) is 0 Å². The minimum absolute atomic E-state index is 0.0138. The highest BCUT2D eigenvalue weighted by Crippen LogP contribution is 2.38. The Morgan fingerprint density at radius 3 is 2.55 bits per heavy atom. The number of rotatable bonds is 5. The maximum absolute atomic E-state index is 12.9. The molecule has 0 saturated heterocycles. The van der Waals surface area contributed by atoms with Crippen molar-refractivity contribution >= 4 is 43.8 Å². The van der Waals surface area contributed by atoms with Crippen LogP contribution in [-0.2, 0) is 16.9 Å². The third-order valence-electron chi connectivity index (χ3n) is 4.53. The maximum atomic E-state index is 12.9. The van der Waals surface area contributed by atoms with E-state index in [1.165, 1.54) is 29.5 Å². The topological polar surface area (TPSA) is 94.0 Å². The van der Waals surface area contributed by atoms with Gasteiger partial charge in [0.2, 0.25) is 0 Å². The highest BCUT2D eigenvalue weighted by Gasteiger charge is 2.21. The normalized spacial score (nSPS) is 11.5. The number of imidazole rings is 1. The number of hydrogen-bond donors (Lipinski definition) is 1. The Hall–Kier alpha value is -3.01. The fourth-order valence-corrected chi connectivity index (χ4v) is 4.85. The molecule has 0 fully saturated rings. The first-order valence-electron chi connectivity index (χ1n) is 9.09. The molecule has 0 atom stereocenters. The van der Waals surface area contributed by atoms with E-state index in [2.05, 4.69) is 15.3 Å². The Morgan fingerprint density at radius 2 is 1.90 bits per heavy atom. The SMILES string of the molecule is Cn1ccnc1-c1sc(NC(=O)c2cc(S(C)(=O)=O)ccc2Cl)nc1-c1ccccc1. The van der Waals surface area contributed by atoms with Crippen LogP contribution in [0.4, 0.5) is 5.13 Å². The molecule has 0 saturated carbocycles. The Balaban J connectivity index is 1.74. The van der Waals surface area contributed by atoms with E-state index in [4.69, 9.17) is 11.6 Å². The van der Waals surface area contributed by atoms with E-state index in [0.717, 1.165) is 16.7 Å². The molecule has 0 bridgehead atoms. The zero-order valence-corrected chi connectivity index (χ0v) is 18.9. The molecule has 2 aromatic carbocycles. The predicted octanol–water partition coefficient (Wildman–Crippen LogP) is 4.52. The first-order valence-corrected chi connectivity index (χ1v) is 12.2. The second kappa shape index (κ2) is 8.26. The smallest absolute Gasteiger partial charge is 0.259 e. The van der Waals surface area contributed by atoms with Crippen molar-refractivity contribution in [2.24, 2.45) is 7.05 Å². The standard InChI is InChI=1S/C21H17ClN4O3S2/c1-26-11-10-23-19(26)18-17(13-6-4-3-5-7-13)24-21(30-18)25-20(27)15-12-14(31(2,28)29)8-9-16(15)22/h3-12H,1-2H3,(H,24,25,27). The molecule has 0 radical (unpaired) electrons. The highest BCUT2D eigenvalue weighted by atomic mass is 35.5. The van der Waals surface area contributed by atoms with E-state index in [9.17, 15) is 13.2 Å². The van der Waals surface area contributed by atoms with Crippen molar-refractivity contribution in [2.75, 3.05) is 11.6 Å². The van der Waals surface area contributed by atoms with Gasteiger partial charge in [0.1, 0.15) is 0 Å². The van der Waals surface area contributed by atoms with E-state index in [0.29, 0.717) is 16.6 Å². The number of hydrogen-bond acceptors (Lipinski definition) is 6. The Kier molecular flexibility index (Phi) is 5.65. The van der Waals surface area contributed by atoms with Crippen LogP contribution >= 0.6 is 22.9 Å². The molecule has 158 valence electrons. The van der Waals surface area contributed by atoms with Gasteiger partial charge in [-0.05, 0) is 18.2 Å². The number of anilines is 1. The van der Waals surface area contributed by atoms with E-state index in [1.54, 1.807) is 6.20 Å². The molecule has 0 spiro atoms. The number of benzene rings is 2. The maximum Gasteiger partial charge on any atom is 0.259 e. The zero-order chi connectivity index (χ0) is 22.2. The minimum Gasteiger partial charge on any atom is -0.333 e. The van der Waals surface area contributed by atoms with E-state index < -0.39 is 15.7 Å². The second-order valence-electron chi connectivity index (χ2n) is 6.79. The Morgan fingerprint density at radius 1 is 1.16 bits per heavy atom. The number of thiazole rings is 1. The third-order valence-corrected chi connectivity index (χ3v) is 6.94. The summed E-state index contributed by atoms with van der Waals surface area (Å²) >= 11 is 7.43. The third kappa shape index (κ3) is 4.39. The Bertz CT molecular complexity index is 1380. The van der Waals surface area contributed by atoms with Gasteiger partial charge in [-0.25, -0.2) is 18.4 Å². The predicted molar refractivity (Wildman–Crippen MR) is 122 cm³/mol. The number of nitrogens with zero attached hydrogens (tertiary/aromatic N) is 3. The summed E-state index contributed by atoms with van der Waals surface area (Å²) in [5, 5.41) is 3.24. The zero-order valence-electron chi connectivity index (χ0n) is 16.5. The first-order chi connectivity index (χ1) is 14.7. The summed E-state index contributed by atoms with van der Waals surface area (Å²) in [6.45, 7) is 0. The second-order valence-corrected chi connectivity index (χ2v) is 10.2. The number of aryl methyl sites for hydroxylation is 1. The van der Waals surface area contributed by atoms with Crippen molar-refractivity contribution in [2.45, 2.75) is 4.90 Å². The highest BCUT2D eigenvalue weighted by molar-refractivity contribution is 7.90. The minimum atomic E-state index is -3.48. The van der Waals surface area contributed by atoms with Gasteiger partial charge >= 0.3 is 0 Å². The van der Waals surface area contributed by atoms with Gasteiger partial charge in [0.25, 0.3) is 5.91 Å². The van der Waals surface area contributed by atoms with Gasteiger partial charge in [0.05, 0.1) is 26.1 Å². The summed E-state index contributed by atoms with van der Waals surface area (Å²) < 4.78 is 25.6. The van der Waals surface area contributed by atoms with Gasteiger partial charge in [-0.3, -0.25) is 10.1 Å². The van der Waals surface area contributed by atoms with Crippen molar-refractivity contribution in [3.63, 3.8) is 0 Å². The molecule has 2 heterocycles. The lowest BCUT2D eigenvalue weighted by Gasteiger charge is -2.06. The number of halogens is 1. The van der Waals surface area contributed by atoms with Gasteiger partial charge in [0.15, 0.2) is 20.8 Å². The largest absolute Gasteiger partial charge is 0.333 e. The molecular formula is C21H17ClN4O3S2. The lowest BCUT2D eigenvalue weighted by molar-refractivity contribution is 0.102. The quantitative estimate of drug-likeness (QED) is 0.461. The number of aromatic nitrogens is 3. The van der Waals surface area contributed by atoms with E-state index in [-0.39, 0.29) is 15.5 Å². The van der Waals surface area contributed by atoms with Crippen LogP contribution < -0.4 is 5.32 Å². The number of carbonyl (C=O) groups excluding carboxylic acids is 1. The molecule has 0 aliphatic carbocycles. The fraction of sp³-hybridized carbons (Fsp3) is 0.0952. The van der Waals surface area contributed by atoms with Gasteiger partial charge < -0.3 is 4.57 Å².